The Hall–Kier alpha value is -3.21. The van der Waals surface area contributed by atoms with E-state index in [1.807, 2.05) is 98.8 Å². The number of hydrogen-bond donors (Lipinski definition) is 2. The first-order valence-electron chi connectivity index (χ1n) is 14.9. The number of ether oxygens (including phenoxy) is 1. The van der Waals surface area contributed by atoms with Crippen LogP contribution < -0.4 is 5.32 Å². The molecule has 0 radical (unpaired) electrons. The van der Waals surface area contributed by atoms with Crippen molar-refractivity contribution in [2.24, 2.45) is 11.8 Å². The first kappa shape index (κ1) is 33.3. The predicted octanol–water partition coefficient (Wildman–Crippen LogP) is 7.29. The minimum Gasteiger partial charge on any atom is -0.458 e. The molecule has 4 unspecified atom stereocenters. The molecule has 4 atom stereocenters. The maximum atomic E-state index is 13.8. The molecule has 0 saturated heterocycles. The van der Waals surface area contributed by atoms with Gasteiger partial charge in [0, 0.05) is 12.3 Å². The van der Waals surface area contributed by atoms with E-state index >= 15 is 0 Å². The van der Waals surface area contributed by atoms with Gasteiger partial charge in [0.25, 0.3) is 0 Å². The smallest absolute Gasteiger partial charge is 0.329 e. The molecule has 0 aromatic heterocycles. The fourth-order valence-electron chi connectivity index (χ4n) is 5.06. The third kappa shape index (κ3) is 10.9. The van der Waals surface area contributed by atoms with Gasteiger partial charge in [-0.25, -0.2) is 4.79 Å². The van der Waals surface area contributed by atoms with Crippen molar-refractivity contribution in [1.29, 1.82) is 0 Å². The zero-order valence-electron chi connectivity index (χ0n) is 25.6. The van der Waals surface area contributed by atoms with Crippen LogP contribution in [0.15, 0.2) is 84.9 Å². The van der Waals surface area contributed by atoms with Gasteiger partial charge < -0.3 is 14.9 Å². The number of aryl methyl sites for hydroxylation is 1. The van der Waals surface area contributed by atoms with E-state index in [1.54, 1.807) is 20.8 Å². The lowest BCUT2D eigenvalue weighted by Crippen LogP contribution is -2.50. The number of carbonyl (C=O) groups is 2. The van der Waals surface area contributed by atoms with Gasteiger partial charge in [-0.1, -0.05) is 105 Å². The number of nitrogens with one attached hydrogen (secondary N) is 1. The lowest BCUT2D eigenvalue weighted by molar-refractivity contribution is -0.160. The van der Waals surface area contributed by atoms with Crippen molar-refractivity contribution in [3.63, 3.8) is 0 Å². The number of rotatable bonds is 14. The fourth-order valence-corrected chi connectivity index (χ4v) is 6.84. The summed E-state index contributed by atoms with van der Waals surface area (Å²) in [5, 5.41) is 2.93. The van der Waals surface area contributed by atoms with Crippen molar-refractivity contribution in [2.45, 2.75) is 71.9 Å². The van der Waals surface area contributed by atoms with Crippen LogP contribution in [-0.2, 0) is 31.7 Å². The molecule has 0 saturated carbocycles. The van der Waals surface area contributed by atoms with Gasteiger partial charge in [-0.05, 0) is 68.2 Å². The van der Waals surface area contributed by atoms with E-state index in [2.05, 4.69) is 5.32 Å². The summed E-state index contributed by atoms with van der Waals surface area (Å²) in [5.74, 6) is -1.84. The second-order valence-electron chi connectivity index (χ2n) is 12.2. The summed E-state index contributed by atoms with van der Waals surface area (Å²) >= 11 is 0. The summed E-state index contributed by atoms with van der Waals surface area (Å²) in [7, 11) is -3.68. The molecule has 0 fully saturated rings. The van der Waals surface area contributed by atoms with Crippen molar-refractivity contribution in [3.05, 3.63) is 96.1 Å². The van der Waals surface area contributed by atoms with Crippen molar-refractivity contribution in [1.82, 2.24) is 5.32 Å². The molecule has 0 heterocycles. The summed E-state index contributed by atoms with van der Waals surface area (Å²) in [6, 6.07) is 26.7. The summed E-state index contributed by atoms with van der Waals surface area (Å²) in [6.45, 7) is 9.34. The third-order valence-electron chi connectivity index (χ3n) is 7.28. The highest BCUT2D eigenvalue weighted by Crippen LogP contribution is 2.44. The minimum absolute atomic E-state index is 0.0788. The van der Waals surface area contributed by atoms with Gasteiger partial charge in [-0.2, -0.15) is 0 Å². The lowest BCUT2D eigenvalue weighted by atomic mass is 9.94. The summed E-state index contributed by atoms with van der Waals surface area (Å²) in [5.41, 5.74) is 3.29. The van der Waals surface area contributed by atoms with E-state index in [9.17, 15) is 19.0 Å². The molecule has 3 rings (SSSR count). The zero-order chi connectivity index (χ0) is 30.8. The van der Waals surface area contributed by atoms with Crippen LogP contribution in [0.3, 0.4) is 0 Å². The first-order chi connectivity index (χ1) is 19.9. The second kappa shape index (κ2) is 15.3. The molecule has 226 valence electrons. The van der Waals surface area contributed by atoms with Crippen molar-refractivity contribution in [3.8, 4) is 11.1 Å². The van der Waals surface area contributed by atoms with E-state index in [4.69, 9.17) is 4.74 Å². The topological polar surface area (TPSA) is 92.7 Å². The van der Waals surface area contributed by atoms with Gasteiger partial charge in [0.1, 0.15) is 11.6 Å². The molecule has 7 heteroatoms. The Morgan fingerprint density at radius 3 is 2.02 bits per heavy atom. The number of esters is 1. The number of carbonyl (C=O) groups excluding carboxylic acids is 2. The molecule has 0 spiro atoms. The van der Waals surface area contributed by atoms with Gasteiger partial charge >= 0.3 is 5.97 Å². The van der Waals surface area contributed by atoms with Crippen LogP contribution >= 0.6 is 7.37 Å². The Kier molecular flexibility index (Phi) is 12.1. The Morgan fingerprint density at radius 1 is 0.881 bits per heavy atom. The standard InChI is InChI=1S/C35H46NO5P/c1-6-13-26(2)32(34(38)41-35(3,4)5)36-33(37)31(25-42(39,40)23-22-27-14-9-7-10-15-27)24-28-18-20-30(21-19-28)29-16-11-8-12-17-29/h7-12,14-21,26,31-32H,6,13,22-25H2,1-5H3,(H,36,37)(H,39,40). The van der Waals surface area contributed by atoms with Crippen molar-refractivity contribution >= 4 is 19.2 Å². The Balaban J connectivity index is 1.84. The average molecular weight is 592 g/mol. The molecule has 42 heavy (non-hydrogen) atoms. The van der Waals surface area contributed by atoms with E-state index in [-0.39, 0.29) is 24.7 Å². The molecule has 0 bridgehead atoms. The molecule has 3 aromatic rings. The van der Waals surface area contributed by atoms with E-state index in [0.717, 1.165) is 35.1 Å². The largest absolute Gasteiger partial charge is 0.458 e. The van der Waals surface area contributed by atoms with Gasteiger partial charge in [0.05, 0.1) is 5.92 Å². The van der Waals surface area contributed by atoms with Crippen molar-refractivity contribution in [2.75, 3.05) is 12.3 Å². The Labute approximate surface area is 251 Å². The molecule has 0 aliphatic heterocycles. The molecule has 6 nitrogen and oxygen atoms in total. The number of amides is 1. The van der Waals surface area contributed by atoms with Crippen LogP contribution in [-0.4, -0.2) is 40.7 Å². The SMILES string of the molecule is CCCC(C)C(NC(=O)C(Cc1ccc(-c2ccccc2)cc1)CP(=O)(O)CCc1ccccc1)C(=O)OC(C)(C)C. The fraction of sp³-hybridized carbons (Fsp3) is 0.429. The second-order valence-corrected chi connectivity index (χ2v) is 14.7. The minimum atomic E-state index is -3.68. The predicted molar refractivity (Wildman–Crippen MR) is 171 cm³/mol. The Morgan fingerprint density at radius 2 is 1.45 bits per heavy atom. The highest BCUT2D eigenvalue weighted by molar-refractivity contribution is 7.58. The van der Waals surface area contributed by atoms with Gasteiger partial charge in [0.2, 0.25) is 13.3 Å². The van der Waals surface area contributed by atoms with Crippen LogP contribution in [0.1, 0.15) is 58.6 Å². The molecule has 3 aromatic carbocycles. The number of hydrogen-bond acceptors (Lipinski definition) is 4. The van der Waals surface area contributed by atoms with Crippen LogP contribution in [0.4, 0.5) is 0 Å². The summed E-state index contributed by atoms with van der Waals surface area (Å²) in [4.78, 5) is 38.0. The molecular weight excluding hydrogens is 545 g/mol. The van der Waals surface area contributed by atoms with E-state index in [1.165, 1.54) is 0 Å². The van der Waals surface area contributed by atoms with Crippen molar-refractivity contribution < 1.29 is 23.8 Å². The van der Waals surface area contributed by atoms with Crippen LogP contribution in [0.25, 0.3) is 11.1 Å². The summed E-state index contributed by atoms with van der Waals surface area (Å²) in [6.07, 6.45) is 2.21. The molecule has 1 amide bonds. The monoisotopic (exact) mass is 591 g/mol. The van der Waals surface area contributed by atoms with Crippen LogP contribution in [0, 0.1) is 11.8 Å². The maximum Gasteiger partial charge on any atom is 0.329 e. The first-order valence-corrected chi connectivity index (χ1v) is 16.9. The third-order valence-corrected chi connectivity index (χ3v) is 9.22. The van der Waals surface area contributed by atoms with Gasteiger partial charge in [0.15, 0.2) is 0 Å². The van der Waals surface area contributed by atoms with Gasteiger partial charge in [-0.3, -0.25) is 9.36 Å². The molecule has 0 aliphatic carbocycles. The molecule has 0 aliphatic rings. The van der Waals surface area contributed by atoms with Crippen LogP contribution in [0.2, 0.25) is 0 Å². The molecular formula is C35H46NO5P. The van der Waals surface area contributed by atoms with E-state index < -0.39 is 36.8 Å². The summed E-state index contributed by atoms with van der Waals surface area (Å²) < 4.78 is 19.1. The number of benzene rings is 3. The highest BCUT2D eigenvalue weighted by Gasteiger charge is 2.35. The average Bonchev–Trinajstić information content (AvgIpc) is 2.95. The normalized spacial score (nSPS) is 15.2. The Bertz CT molecular complexity index is 1320. The quantitative estimate of drug-likeness (QED) is 0.152. The maximum absolute atomic E-state index is 13.8. The van der Waals surface area contributed by atoms with Gasteiger partial charge in [-0.15, -0.1) is 0 Å². The van der Waals surface area contributed by atoms with E-state index in [0.29, 0.717) is 6.42 Å². The van der Waals surface area contributed by atoms with Crippen LogP contribution in [0.5, 0.6) is 0 Å². The lowest BCUT2D eigenvalue weighted by Gasteiger charge is -2.29. The zero-order valence-corrected chi connectivity index (χ0v) is 26.5. The molecule has 2 N–H and O–H groups in total. The highest BCUT2D eigenvalue weighted by atomic mass is 31.2.